The Morgan fingerprint density at radius 3 is 2.58 bits per heavy atom. The minimum absolute atomic E-state index is 0.0626. The minimum Gasteiger partial charge on any atom is -0.478 e. The van der Waals surface area contributed by atoms with Gasteiger partial charge in [-0.3, -0.25) is 0 Å². The Kier molecular flexibility index (Phi) is 4.61. The first-order chi connectivity index (χ1) is 12.4. The Labute approximate surface area is 148 Å². The van der Waals surface area contributed by atoms with Crippen LogP contribution in [-0.2, 0) is 0 Å². The maximum Gasteiger partial charge on any atom is 0.337 e. The van der Waals surface area contributed by atoms with Crippen molar-refractivity contribution in [2.75, 3.05) is 5.32 Å². The molecule has 0 saturated heterocycles. The average Bonchev–Trinajstić information content (AvgIpc) is 2.98. The van der Waals surface area contributed by atoms with Crippen LogP contribution in [0.15, 0.2) is 30.7 Å². The summed E-state index contributed by atoms with van der Waals surface area (Å²) in [5.41, 5.74) is 0.737. The molecule has 26 heavy (non-hydrogen) atoms. The number of carboxylic acid groups (broad SMARTS) is 1. The first kappa shape index (κ1) is 17.5. The Bertz CT molecular complexity index is 952. The number of carboxylic acids is 1. The van der Waals surface area contributed by atoms with E-state index in [0.717, 1.165) is 12.0 Å². The van der Waals surface area contributed by atoms with Gasteiger partial charge in [0.2, 0.25) is 5.95 Å². The van der Waals surface area contributed by atoms with Gasteiger partial charge < -0.3 is 15.0 Å². The number of imidazole rings is 1. The van der Waals surface area contributed by atoms with Crippen LogP contribution in [0.5, 0.6) is 0 Å². The lowest BCUT2D eigenvalue weighted by Gasteiger charge is -2.14. The number of nitrogens with one attached hydrogen (secondary N) is 1. The van der Waals surface area contributed by atoms with Gasteiger partial charge in [0, 0.05) is 12.2 Å². The first-order valence-electron chi connectivity index (χ1n) is 7.90. The molecular weight excluding hydrogens is 339 g/mol. The third-order valence-electron chi connectivity index (χ3n) is 3.74. The lowest BCUT2D eigenvalue weighted by Crippen LogP contribution is -2.08. The molecule has 0 aliphatic rings. The highest BCUT2D eigenvalue weighted by Gasteiger charge is 2.18. The molecule has 2 N–H and O–H groups in total. The van der Waals surface area contributed by atoms with Crippen molar-refractivity contribution in [1.82, 2.24) is 24.5 Å². The zero-order valence-electron chi connectivity index (χ0n) is 14.4. The van der Waals surface area contributed by atoms with Crippen LogP contribution in [-0.4, -0.2) is 35.6 Å². The van der Waals surface area contributed by atoms with E-state index in [9.17, 15) is 9.18 Å². The van der Waals surface area contributed by atoms with Crippen molar-refractivity contribution in [1.29, 1.82) is 0 Å². The predicted molar refractivity (Wildman–Crippen MR) is 92.8 cm³/mol. The molecule has 8 nitrogen and oxygen atoms in total. The van der Waals surface area contributed by atoms with Gasteiger partial charge in [0.25, 0.3) is 0 Å². The molecule has 134 valence electrons. The summed E-state index contributed by atoms with van der Waals surface area (Å²) < 4.78 is 16.2. The monoisotopic (exact) mass is 356 g/mol. The Morgan fingerprint density at radius 1 is 1.19 bits per heavy atom. The third-order valence-corrected chi connectivity index (χ3v) is 3.74. The fourth-order valence-electron chi connectivity index (χ4n) is 2.60. The first-order valence-corrected chi connectivity index (χ1v) is 7.90. The molecule has 0 aromatic carbocycles. The van der Waals surface area contributed by atoms with Gasteiger partial charge in [-0.25, -0.2) is 29.1 Å². The molecule has 0 unspecified atom stereocenters. The molecule has 0 aliphatic heterocycles. The average molecular weight is 356 g/mol. The lowest BCUT2D eigenvalue weighted by atomic mass is 10.2. The van der Waals surface area contributed by atoms with Crippen molar-refractivity contribution in [3.63, 3.8) is 0 Å². The topological polar surface area (TPSA) is 106 Å². The fourth-order valence-corrected chi connectivity index (χ4v) is 2.60. The molecule has 3 heterocycles. The van der Waals surface area contributed by atoms with E-state index in [-0.39, 0.29) is 23.2 Å². The molecule has 0 aliphatic carbocycles. The number of nitrogens with zero attached hydrogens (tertiary/aromatic N) is 5. The number of hydrogen-bond acceptors (Lipinski definition) is 6. The zero-order chi connectivity index (χ0) is 18.8. The SMILES string of the molecule is Cc1ncc(-c2nc(Nc3ccc(C(=O)O)cn3)ncc2F)n1C(C)C. The van der Waals surface area contributed by atoms with Gasteiger partial charge >= 0.3 is 5.97 Å². The normalized spacial score (nSPS) is 11.0. The number of aromatic nitrogens is 5. The van der Waals surface area contributed by atoms with E-state index in [2.05, 4.69) is 25.3 Å². The van der Waals surface area contributed by atoms with E-state index in [1.165, 1.54) is 18.3 Å². The smallest absolute Gasteiger partial charge is 0.337 e. The van der Waals surface area contributed by atoms with E-state index in [4.69, 9.17) is 5.11 Å². The summed E-state index contributed by atoms with van der Waals surface area (Å²) in [6.07, 6.45) is 3.86. The molecule has 0 radical (unpaired) electrons. The molecule has 0 amide bonds. The van der Waals surface area contributed by atoms with E-state index in [1.807, 2.05) is 25.3 Å². The van der Waals surface area contributed by atoms with Crippen molar-refractivity contribution >= 4 is 17.7 Å². The van der Waals surface area contributed by atoms with Crippen molar-refractivity contribution in [3.8, 4) is 11.4 Å². The van der Waals surface area contributed by atoms with Crippen molar-refractivity contribution < 1.29 is 14.3 Å². The zero-order valence-corrected chi connectivity index (χ0v) is 14.4. The number of aromatic carboxylic acids is 1. The Hall–Kier alpha value is -3.36. The van der Waals surface area contributed by atoms with Crippen LogP contribution in [0.1, 0.15) is 36.1 Å². The van der Waals surface area contributed by atoms with Crippen LogP contribution in [0.4, 0.5) is 16.2 Å². The summed E-state index contributed by atoms with van der Waals surface area (Å²) in [5, 5.41) is 11.7. The molecule has 0 spiro atoms. The highest BCUT2D eigenvalue weighted by atomic mass is 19.1. The summed E-state index contributed by atoms with van der Waals surface area (Å²) in [4.78, 5) is 27.2. The summed E-state index contributed by atoms with van der Waals surface area (Å²) in [6.45, 7) is 5.80. The largest absolute Gasteiger partial charge is 0.478 e. The van der Waals surface area contributed by atoms with Gasteiger partial charge in [0.15, 0.2) is 5.82 Å². The van der Waals surface area contributed by atoms with Gasteiger partial charge in [0.1, 0.15) is 17.3 Å². The second-order valence-electron chi connectivity index (χ2n) is 5.91. The number of hydrogen-bond donors (Lipinski definition) is 2. The summed E-state index contributed by atoms with van der Waals surface area (Å²) in [6, 6.07) is 2.97. The van der Waals surface area contributed by atoms with E-state index < -0.39 is 11.8 Å². The Balaban J connectivity index is 1.94. The standard InChI is InChI=1S/C17H17FN6O2/c1-9(2)24-10(3)19-8-13(24)15-12(18)7-21-17(23-15)22-14-5-4-11(6-20-14)16(25)26/h4-9H,1-3H3,(H,25,26)(H,20,21,22,23). The molecule has 0 saturated carbocycles. The highest BCUT2D eigenvalue weighted by molar-refractivity contribution is 5.87. The van der Waals surface area contributed by atoms with Gasteiger partial charge in [-0.2, -0.15) is 0 Å². The quantitative estimate of drug-likeness (QED) is 0.723. The van der Waals surface area contributed by atoms with Gasteiger partial charge in [-0.15, -0.1) is 0 Å². The van der Waals surface area contributed by atoms with Crippen LogP contribution >= 0.6 is 0 Å². The molecule has 3 rings (SSSR count). The summed E-state index contributed by atoms with van der Waals surface area (Å²) in [7, 11) is 0. The fraction of sp³-hybridized carbons (Fsp3) is 0.235. The van der Waals surface area contributed by atoms with Crippen LogP contribution in [0.3, 0.4) is 0 Å². The maximum atomic E-state index is 14.3. The second-order valence-corrected chi connectivity index (χ2v) is 5.91. The molecular formula is C17H17FN6O2. The van der Waals surface area contributed by atoms with E-state index in [1.54, 1.807) is 6.20 Å². The van der Waals surface area contributed by atoms with Crippen molar-refractivity contribution in [3.05, 3.63) is 47.9 Å². The van der Waals surface area contributed by atoms with Crippen molar-refractivity contribution in [2.24, 2.45) is 0 Å². The molecule has 0 atom stereocenters. The number of halogens is 1. The number of anilines is 2. The number of pyridine rings is 1. The molecule has 3 aromatic heterocycles. The Morgan fingerprint density at radius 2 is 1.96 bits per heavy atom. The summed E-state index contributed by atoms with van der Waals surface area (Å²) >= 11 is 0. The van der Waals surface area contributed by atoms with E-state index >= 15 is 0 Å². The van der Waals surface area contributed by atoms with Crippen molar-refractivity contribution in [2.45, 2.75) is 26.8 Å². The second kappa shape index (κ2) is 6.87. The third kappa shape index (κ3) is 3.37. The molecule has 0 bridgehead atoms. The predicted octanol–water partition coefficient (Wildman–Crippen LogP) is 3.21. The minimum atomic E-state index is -1.07. The number of carbonyl (C=O) groups is 1. The molecule has 0 fully saturated rings. The van der Waals surface area contributed by atoms with Gasteiger partial charge in [-0.05, 0) is 32.9 Å². The number of aryl methyl sites for hydroxylation is 1. The van der Waals surface area contributed by atoms with Crippen LogP contribution in [0.2, 0.25) is 0 Å². The van der Waals surface area contributed by atoms with E-state index in [0.29, 0.717) is 11.5 Å². The lowest BCUT2D eigenvalue weighted by molar-refractivity contribution is 0.0696. The summed E-state index contributed by atoms with van der Waals surface area (Å²) in [5.74, 6) is -0.381. The van der Waals surface area contributed by atoms with Crippen LogP contribution < -0.4 is 5.32 Å². The molecule has 9 heteroatoms. The number of rotatable bonds is 5. The molecule has 3 aromatic rings. The van der Waals surface area contributed by atoms with Gasteiger partial charge in [-0.1, -0.05) is 0 Å². The van der Waals surface area contributed by atoms with Gasteiger partial charge in [0.05, 0.1) is 23.7 Å². The van der Waals surface area contributed by atoms with Crippen LogP contribution in [0, 0.1) is 12.7 Å². The highest BCUT2D eigenvalue weighted by Crippen LogP contribution is 2.26. The van der Waals surface area contributed by atoms with Crippen LogP contribution in [0.25, 0.3) is 11.4 Å². The maximum absolute atomic E-state index is 14.3.